The summed E-state index contributed by atoms with van der Waals surface area (Å²) in [5.41, 5.74) is 6.75. The van der Waals surface area contributed by atoms with Crippen LogP contribution in [0.2, 0.25) is 0 Å². The largest absolute Gasteiger partial charge is 0.461 e. The van der Waals surface area contributed by atoms with Gasteiger partial charge in [0.15, 0.2) is 28.9 Å². The molecule has 0 unspecified atom stereocenters. The third-order valence-corrected chi connectivity index (χ3v) is 4.95. The lowest BCUT2D eigenvalue weighted by Crippen LogP contribution is -2.24. The summed E-state index contributed by atoms with van der Waals surface area (Å²) in [5.74, 6) is 3.69. The number of rotatable bonds is 4. The molecule has 172 valence electrons. The summed E-state index contributed by atoms with van der Waals surface area (Å²) in [4.78, 5) is 25.1. The fourth-order valence-corrected chi connectivity index (χ4v) is 3.38. The molecule has 5 aromatic rings. The van der Waals surface area contributed by atoms with Crippen LogP contribution in [0.5, 0.6) is 0 Å². The maximum atomic E-state index is 14.5. The van der Waals surface area contributed by atoms with Crippen LogP contribution < -0.4 is 11.1 Å². The first kappa shape index (κ1) is 21.7. The van der Waals surface area contributed by atoms with E-state index in [9.17, 15) is 13.6 Å². The highest BCUT2D eigenvalue weighted by atomic mass is 19.2. The minimum absolute atomic E-state index is 0.0336. The Kier molecular flexibility index (Phi) is 5.60. The third-order valence-electron chi connectivity index (χ3n) is 4.95. The standard InChI is InChI=1S/C24H15F2N7O2/c25-17-6-5-16(19(20(17)26)14-7-10-28-11-8-14)24(34)29-9-1-3-15-13-33-23(21(27)30-15)31-22(32-33)18-4-2-12-35-18/h2,4-8,10-13H,9H2,(H2,27,30)(H,29,34). The van der Waals surface area contributed by atoms with Crippen molar-refractivity contribution in [3.05, 3.63) is 84.1 Å². The first-order valence-electron chi connectivity index (χ1n) is 10.2. The number of pyridine rings is 1. The highest BCUT2D eigenvalue weighted by Crippen LogP contribution is 2.28. The molecule has 0 spiro atoms. The predicted molar refractivity (Wildman–Crippen MR) is 122 cm³/mol. The number of furan rings is 1. The fourth-order valence-electron chi connectivity index (χ4n) is 3.38. The molecule has 0 saturated carbocycles. The van der Waals surface area contributed by atoms with Crippen molar-refractivity contribution in [3.63, 3.8) is 0 Å². The minimum Gasteiger partial charge on any atom is -0.461 e. The molecule has 0 aliphatic carbocycles. The number of nitrogens with two attached hydrogens (primary N) is 1. The Bertz CT molecular complexity index is 1600. The first-order chi connectivity index (χ1) is 17.0. The molecular formula is C24H15F2N7O2. The van der Waals surface area contributed by atoms with Crippen LogP contribution in [-0.4, -0.2) is 37.0 Å². The maximum Gasteiger partial charge on any atom is 0.252 e. The van der Waals surface area contributed by atoms with Crippen LogP contribution >= 0.6 is 0 Å². The summed E-state index contributed by atoms with van der Waals surface area (Å²) >= 11 is 0. The van der Waals surface area contributed by atoms with Gasteiger partial charge >= 0.3 is 0 Å². The third kappa shape index (κ3) is 4.28. The lowest BCUT2D eigenvalue weighted by atomic mass is 9.99. The molecule has 4 aromatic heterocycles. The molecule has 0 aliphatic heterocycles. The number of halogens is 2. The van der Waals surface area contributed by atoms with Gasteiger partial charge in [-0.25, -0.2) is 23.3 Å². The number of anilines is 1. The van der Waals surface area contributed by atoms with E-state index in [0.29, 0.717) is 28.5 Å². The highest BCUT2D eigenvalue weighted by Gasteiger charge is 2.20. The Morgan fingerprint density at radius 3 is 2.74 bits per heavy atom. The topological polar surface area (TPSA) is 124 Å². The number of fused-ring (bicyclic) bond motifs is 1. The van der Waals surface area contributed by atoms with E-state index in [0.717, 1.165) is 6.07 Å². The number of aromatic nitrogens is 5. The van der Waals surface area contributed by atoms with Crippen LogP contribution in [0, 0.1) is 23.5 Å². The zero-order valence-electron chi connectivity index (χ0n) is 17.9. The Balaban J connectivity index is 1.35. The van der Waals surface area contributed by atoms with Gasteiger partial charge in [0.2, 0.25) is 5.82 Å². The second-order valence-corrected chi connectivity index (χ2v) is 7.20. The molecule has 0 atom stereocenters. The summed E-state index contributed by atoms with van der Waals surface area (Å²) in [6.45, 7) is -0.0811. The Hall–Kier alpha value is -5.11. The molecule has 3 N–H and O–H groups in total. The van der Waals surface area contributed by atoms with E-state index in [1.807, 2.05) is 0 Å². The molecule has 0 saturated heterocycles. The molecule has 0 fully saturated rings. The maximum absolute atomic E-state index is 14.5. The number of nitrogens with one attached hydrogen (secondary N) is 1. The van der Waals surface area contributed by atoms with E-state index in [4.69, 9.17) is 10.2 Å². The molecule has 0 radical (unpaired) electrons. The average molecular weight is 471 g/mol. The second-order valence-electron chi connectivity index (χ2n) is 7.20. The van der Waals surface area contributed by atoms with Gasteiger partial charge in [0.25, 0.3) is 5.91 Å². The van der Waals surface area contributed by atoms with Crippen molar-refractivity contribution in [3.8, 4) is 34.6 Å². The van der Waals surface area contributed by atoms with Crippen LogP contribution in [0.3, 0.4) is 0 Å². The number of nitrogens with zero attached hydrogens (tertiary/aromatic N) is 5. The summed E-state index contributed by atoms with van der Waals surface area (Å²) in [5, 5.41) is 6.89. The number of hydrogen-bond donors (Lipinski definition) is 2. The van der Waals surface area contributed by atoms with Crippen molar-refractivity contribution < 1.29 is 18.0 Å². The summed E-state index contributed by atoms with van der Waals surface area (Å²) < 4.78 is 35.1. The smallest absolute Gasteiger partial charge is 0.252 e. The lowest BCUT2D eigenvalue weighted by molar-refractivity contribution is 0.0959. The van der Waals surface area contributed by atoms with Crippen LogP contribution in [0.4, 0.5) is 14.6 Å². The van der Waals surface area contributed by atoms with E-state index in [1.165, 1.54) is 47.6 Å². The van der Waals surface area contributed by atoms with E-state index >= 15 is 0 Å². The molecule has 5 rings (SSSR count). The molecular weight excluding hydrogens is 456 g/mol. The van der Waals surface area contributed by atoms with Crippen molar-refractivity contribution in [2.24, 2.45) is 0 Å². The molecule has 35 heavy (non-hydrogen) atoms. The predicted octanol–water partition coefficient (Wildman–Crippen LogP) is 3.09. The molecule has 0 aliphatic rings. The number of amides is 1. The number of carbonyl (C=O) groups is 1. The van der Waals surface area contributed by atoms with Gasteiger partial charge in [-0.3, -0.25) is 9.78 Å². The molecule has 1 amide bonds. The van der Waals surface area contributed by atoms with E-state index in [1.54, 1.807) is 12.1 Å². The van der Waals surface area contributed by atoms with Crippen LogP contribution in [0.15, 0.2) is 65.7 Å². The Morgan fingerprint density at radius 1 is 1.14 bits per heavy atom. The van der Waals surface area contributed by atoms with Gasteiger partial charge in [-0.1, -0.05) is 5.92 Å². The van der Waals surface area contributed by atoms with Crippen LogP contribution in [0.1, 0.15) is 16.1 Å². The lowest BCUT2D eigenvalue weighted by Gasteiger charge is -2.11. The zero-order chi connectivity index (χ0) is 24.4. The van der Waals surface area contributed by atoms with Gasteiger partial charge < -0.3 is 15.5 Å². The Labute approximate surface area is 196 Å². The minimum atomic E-state index is -1.12. The number of hydrogen-bond acceptors (Lipinski definition) is 7. The van der Waals surface area contributed by atoms with Gasteiger partial charge in [-0.2, -0.15) is 0 Å². The van der Waals surface area contributed by atoms with Crippen LogP contribution in [-0.2, 0) is 0 Å². The van der Waals surface area contributed by atoms with Gasteiger partial charge in [0, 0.05) is 18.0 Å². The Morgan fingerprint density at radius 2 is 1.97 bits per heavy atom. The van der Waals surface area contributed by atoms with Crippen molar-refractivity contribution in [2.45, 2.75) is 0 Å². The van der Waals surface area contributed by atoms with E-state index in [-0.39, 0.29) is 23.5 Å². The van der Waals surface area contributed by atoms with E-state index in [2.05, 4.69) is 37.2 Å². The molecule has 1 aromatic carbocycles. The second kappa shape index (κ2) is 9.03. The van der Waals surface area contributed by atoms with Crippen LogP contribution in [0.25, 0.3) is 28.4 Å². The van der Waals surface area contributed by atoms with Crippen molar-refractivity contribution >= 4 is 17.4 Å². The molecule has 11 heteroatoms. The van der Waals surface area contributed by atoms with Crippen molar-refractivity contribution in [1.82, 2.24) is 29.9 Å². The summed E-state index contributed by atoms with van der Waals surface area (Å²) in [6.07, 6.45) is 5.90. The molecule has 4 heterocycles. The highest BCUT2D eigenvalue weighted by molar-refractivity contribution is 6.01. The molecule has 9 nitrogen and oxygen atoms in total. The van der Waals surface area contributed by atoms with E-state index < -0.39 is 17.5 Å². The van der Waals surface area contributed by atoms with Gasteiger partial charge in [0.05, 0.1) is 24.6 Å². The van der Waals surface area contributed by atoms with Crippen molar-refractivity contribution in [1.29, 1.82) is 0 Å². The monoisotopic (exact) mass is 471 g/mol. The number of benzene rings is 1. The SMILES string of the molecule is Nc1nc(C#CCNC(=O)c2ccc(F)c(F)c2-c2ccncc2)cn2nc(-c3ccco3)nc12. The number of nitrogen functional groups attached to an aromatic ring is 1. The average Bonchev–Trinajstić information content (AvgIpc) is 3.54. The van der Waals surface area contributed by atoms with Gasteiger partial charge in [0.1, 0.15) is 5.69 Å². The number of carbonyl (C=O) groups excluding carboxylic acids is 1. The zero-order valence-corrected chi connectivity index (χ0v) is 17.9. The van der Waals surface area contributed by atoms with Crippen molar-refractivity contribution in [2.75, 3.05) is 12.3 Å². The molecule has 0 bridgehead atoms. The van der Waals surface area contributed by atoms with Gasteiger partial charge in [-0.15, -0.1) is 5.10 Å². The van der Waals surface area contributed by atoms with Gasteiger partial charge in [-0.05, 0) is 47.9 Å². The summed E-state index contributed by atoms with van der Waals surface area (Å²) in [6, 6.07) is 8.53. The quantitative estimate of drug-likeness (QED) is 0.386. The fraction of sp³-hybridized carbons (Fsp3) is 0.0417. The normalized spacial score (nSPS) is 10.7. The first-order valence-corrected chi connectivity index (χ1v) is 10.2. The summed E-state index contributed by atoms with van der Waals surface area (Å²) in [7, 11) is 0.